The normalized spacial score (nSPS) is 12.6. The molecule has 102 valence electrons. The van der Waals surface area contributed by atoms with Crippen molar-refractivity contribution < 1.29 is 14.6 Å². The van der Waals surface area contributed by atoms with Crippen molar-refractivity contribution in [3.63, 3.8) is 0 Å². The molecule has 0 fully saturated rings. The van der Waals surface area contributed by atoms with Crippen molar-refractivity contribution >= 4 is 5.97 Å². The molecule has 18 heavy (non-hydrogen) atoms. The Kier molecular flexibility index (Phi) is 6.31. The summed E-state index contributed by atoms with van der Waals surface area (Å²) in [7, 11) is 1.68. The maximum atomic E-state index is 10.6. The van der Waals surface area contributed by atoms with Crippen molar-refractivity contribution in [3.8, 4) is 0 Å². The third kappa shape index (κ3) is 4.80. The van der Waals surface area contributed by atoms with Gasteiger partial charge in [0.05, 0.1) is 19.3 Å². The van der Waals surface area contributed by atoms with Crippen LogP contribution in [0.4, 0.5) is 0 Å². The highest BCUT2D eigenvalue weighted by Gasteiger charge is 2.09. The minimum absolute atomic E-state index is 0.0306. The van der Waals surface area contributed by atoms with Crippen molar-refractivity contribution in [2.45, 2.75) is 32.4 Å². The van der Waals surface area contributed by atoms with Crippen molar-refractivity contribution in [1.82, 2.24) is 20.3 Å². The summed E-state index contributed by atoms with van der Waals surface area (Å²) in [6.45, 7) is 4.09. The van der Waals surface area contributed by atoms with E-state index in [1.54, 1.807) is 7.11 Å². The third-order valence-corrected chi connectivity index (χ3v) is 2.54. The molecule has 2 N–H and O–H groups in total. The van der Waals surface area contributed by atoms with Crippen LogP contribution in [0.3, 0.4) is 0 Å². The fourth-order valence-electron chi connectivity index (χ4n) is 1.68. The number of methoxy groups -OCH3 is 1. The average molecular weight is 256 g/mol. The van der Waals surface area contributed by atoms with E-state index in [0.717, 1.165) is 12.8 Å². The van der Waals surface area contributed by atoms with Gasteiger partial charge in [0, 0.05) is 19.7 Å². The smallest absolute Gasteiger partial charge is 0.358 e. The second kappa shape index (κ2) is 7.78. The number of carboxylic acids is 1. The SMILES string of the molecule is CCCC(COC)NCCn1cc(C(=O)O)nn1. The summed E-state index contributed by atoms with van der Waals surface area (Å²) in [5.41, 5.74) is -0.0306. The van der Waals surface area contributed by atoms with Crippen molar-refractivity contribution in [3.05, 3.63) is 11.9 Å². The Morgan fingerprint density at radius 3 is 3.00 bits per heavy atom. The Balaban J connectivity index is 2.32. The van der Waals surface area contributed by atoms with E-state index >= 15 is 0 Å². The Bertz CT molecular complexity index is 361. The Hall–Kier alpha value is -1.47. The largest absolute Gasteiger partial charge is 0.476 e. The number of hydrogen-bond acceptors (Lipinski definition) is 5. The standard InChI is InChI=1S/C11H20N4O3/c1-3-4-9(8-18-2)12-5-6-15-7-10(11(16)17)13-14-15/h7,9,12H,3-6,8H2,1-2H3,(H,16,17). The van der Waals surface area contributed by atoms with Crippen molar-refractivity contribution in [2.75, 3.05) is 20.3 Å². The Morgan fingerprint density at radius 1 is 1.67 bits per heavy atom. The zero-order valence-corrected chi connectivity index (χ0v) is 10.8. The number of carbonyl (C=O) groups is 1. The van der Waals surface area contributed by atoms with E-state index in [4.69, 9.17) is 9.84 Å². The van der Waals surface area contributed by atoms with E-state index < -0.39 is 5.97 Å². The molecule has 0 aliphatic rings. The zero-order chi connectivity index (χ0) is 13.4. The van der Waals surface area contributed by atoms with Gasteiger partial charge in [0.15, 0.2) is 5.69 Å². The van der Waals surface area contributed by atoms with Crippen LogP contribution in [-0.4, -0.2) is 52.4 Å². The number of aromatic carboxylic acids is 1. The van der Waals surface area contributed by atoms with Gasteiger partial charge in [-0.15, -0.1) is 5.10 Å². The number of aromatic nitrogens is 3. The monoisotopic (exact) mass is 256 g/mol. The number of ether oxygens (including phenoxy) is 1. The topological polar surface area (TPSA) is 89.3 Å². The molecule has 1 heterocycles. The summed E-state index contributed by atoms with van der Waals surface area (Å²) in [5, 5.41) is 19.3. The van der Waals surface area contributed by atoms with Gasteiger partial charge in [-0.1, -0.05) is 18.6 Å². The molecule has 7 nitrogen and oxygen atoms in total. The van der Waals surface area contributed by atoms with Crippen molar-refractivity contribution in [2.24, 2.45) is 0 Å². The fourth-order valence-corrected chi connectivity index (χ4v) is 1.68. The highest BCUT2D eigenvalue weighted by molar-refractivity contribution is 5.84. The first-order chi connectivity index (χ1) is 8.67. The number of hydrogen-bond donors (Lipinski definition) is 2. The molecule has 0 spiro atoms. The second-order valence-electron chi connectivity index (χ2n) is 4.07. The number of nitrogens with zero attached hydrogens (tertiary/aromatic N) is 3. The third-order valence-electron chi connectivity index (χ3n) is 2.54. The molecule has 0 saturated carbocycles. The van der Waals surface area contributed by atoms with Gasteiger partial charge >= 0.3 is 5.97 Å². The van der Waals surface area contributed by atoms with E-state index in [9.17, 15) is 4.79 Å². The van der Waals surface area contributed by atoms with E-state index in [2.05, 4.69) is 22.6 Å². The first-order valence-electron chi connectivity index (χ1n) is 6.03. The lowest BCUT2D eigenvalue weighted by Crippen LogP contribution is -2.35. The summed E-state index contributed by atoms with van der Waals surface area (Å²) in [6.07, 6.45) is 3.56. The summed E-state index contributed by atoms with van der Waals surface area (Å²) in [6, 6.07) is 0.322. The van der Waals surface area contributed by atoms with Crippen LogP contribution in [0.2, 0.25) is 0 Å². The molecule has 0 radical (unpaired) electrons. The van der Waals surface area contributed by atoms with Crippen LogP contribution in [0.1, 0.15) is 30.3 Å². The van der Waals surface area contributed by atoms with Gasteiger partial charge in [0.2, 0.25) is 0 Å². The molecular formula is C11H20N4O3. The van der Waals surface area contributed by atoms with Gasteiger partial charge in [0.25, 0.3) is 0 Å². The molecule has 1 atom stereocenters. The Labute approximate surface area is 106 Å². The Morgan fingerprint density at radius 2 is 2.44 bits per heavy atom. The van der Waals surface area contributed by atoms with Crippen LogP contribution in [-0.2, 0) is 11.3 Å². The quantitative estimate of drug-likeness (QED) is 0.664. The first-order valence-corrected chi connectivity index (χ1v) is 6.03. The van der Waals surface area contributed by atoms with Crippen LogP contribution in [0, 0.1) is 0 Å². The molecule has 7 heteroatoms. The molecule has 1 unspecified atom stereocenters. The first kappa shape index (κ1) is 14.6. The van der Waals surface area contributed by atoms with E-state index in [0.29, 0.717) is 25.7 Å². The van der Waals surface area contributed by atoms with E-state index in [1.165, 1.54) is 10.9 Å². The van der Waals surface area contributed by atoms with Crippen LogP contribution >= 0.6 is 0 Å². The van der Waals surface area contributed by atoms with E-state index in [-0.39, 0.29) is 5.69 Å². The summed E-state index contributed by atoms with van der Waals surface area (Å²) < 4.78 is 6.64. The fraction of sp³-hybridized carbons (Fsp3) is 0.727. The van der Waals surface area contributed by atoms with Crippen molar-refractivity contribution in [1.29, 1.82) is 0 Å². The highest BCUT2D eigenvalue weighted by atomic mass is 16.5. The average Bonchev–Trinajstić information content (AvgIpc) is 2.78. The predicted octanol–water partition coefficient (Wildman–Crippen LogP) is 0.381. The van der Waals surface area contributed by atoms with Crippen LogP contribution in [0.5, 0.6) is 0 Å². The second-order valence-corrected chi connectivity index (χ2v) is 4.07. The highest BCUT2D eigenvalue weighted by Crippen LogP contribution is 1.97. The molecule has 0 aliphatic carbocycles. The van der Waals surface area contributed by atoms with Crippen LogP contribution < -0.4 is 5.32 Å². The molecule has 0 saturated heterocycles. The van der Waals surface area contributed by atoms with E-state index in [1.807, 2.05) is 0 Å². The van der Waals surface area contributed by atoms with Gasteiger partial charge in [-0.25, -0.2) is 4.79 Å². The maximum absolute atomic E-state index is 10.6. The van der Waals surface area contributed by atoms with Crippen LogP contribution in [0.25, 0.3) is 0 Å². The van der Waals surface area contributed by atoms with Crippen LogP contribution in [0.15, 0.2) is 6.20 Å². The number of rotatable bonds is 9. The molecule has 0 bridgehead atoms. The molecular weight excluding hydrogens is 236 g/mol. The van der Waals surface area contributed by atoms with Gasteiger partial charge in [-0.3, -0.25) is 4.68 Å². The lowest BCUT2D eigenvalue weighted by Gasteiger charge is -2.16. The predicted molar refractivity (Wildman–Crippen MR) is 65.6 cm³/mol. The summed E-state index contributed by atoms with van der Waals surface area (Å²) in [4.78, 5) is 10.6. The molecule has 0 aliphatic heterocycles. The molecule has 0 amide bonds. The molecule has 0 aromatic carbocycles. The minimum atomic E-state index is -1.06. The zero-order valence-electron chi connectivity index (χ0n) is 10.8. The van der Waals surface area contributed by atoms with Gasteiger partial charge in [-0.05, 0) is 6.42 Å². The number of carboxylic acid groups (broad SMARTS) is 1. The van der Waals surface area contributed by atoms with Gasteiger partial charge in [0.1, 0.15) is 0 Å². The van der Waals surface area contributed by atoms with Gasteiger partial charge < -0.3 is 15.2 Å². The molecule has 1 aromatic heterocycles. The summed E-state index contributed by atoms with van der Waals surface area (Å²) in [5.74, 6) is -1.06. The lowest BCUT2D eigenvalue weighted by molar-refractivity contribution is 0.0690. The number of nitrogens with one attached hydrogen (secondary N) is 1. The maximum Gasteiger partial charge on any atom is 0.358 e. The lowest BCUT2D eigenvalue weighted by atomic mass is 10.2. The minimum Gasteiger partial charge on any atom is -0.476 e. The molecule has 1 rings (SSSR count). The van der Waals surface area contributed by atoms with Gasteiger partial charge in [-0.2, -0.15) is 0 Å². The molecule has 1 aromatic rings. The summed E-state index contributed by atoms with van der Waals surface area (Å²) >= 11 is 0.